The second-order valence-corrected chi connectivity index (χ2v) is 43.8. The molecule has 4 atom stereocenters. The molecule has 774 valence electrons. The van der Waals surface area contributed by atoms with Crippen LogP contribution in [0.4, 0.5) is 48.9 Å². The van der Waals surface area contributed by atoms with Gasteiger partial charge in [0.2, 0.25) is 71.1 Å². The van der Waals surface area contributed by atoms with Crippen LogP contribution in [0, 0.1) is 55.3 Å². The van der Waals surface area contributed by atoms with E-state index in [2.05, 4.69) is 150 Å². The summed E-state index contributed by atoms with van der Waals surface area (Å²) in [6.07, 6.45) is 25.3. The van der Waals surface area contributed by atoms with Crippen LogP contribution in [0.15, 0.2) is 116 Å². The molecule has 0 spiro atoms. The number of halogens is 4. The third kappa shape index (κ3) is 25.8. The van der Waals surface area contributed by atoms with Crippen LogP contribution in [0.2, 0.25) is 5.15 Å². The Bertz CT molecular complexity index is 7080. The Morgan fingerprint density at radius 2 is 0.890 bits per heavy atom. The lowest BCUT2D eigenvalue weighted by Crippen LogP contribution is -2.48. The van der Waals surface area contributed by atoms with Crippen molar-refractivity contribution in [3.8, 4) is 5.69 Å². The third-order valence-corrected chi connectivity index (χ3v) is 28.7. The number of alkyl halides is 3. The lowest BCUT2D eigenvalue weighted by atomic mass is 9.59. The van der Waals surface area contributed by atoms with E-state index in [0.717, 1.165) is 186 Å². The van der Waals surface area contributed by atoms with E-state index in [4.69, 9.17) is 26.2 Å². The molecule has 7 N–H and O–H groups in total. The van der Waals surface area contributed by atoms with Crippen LogP contribution in [0.3, 0.4) is 0 Å². The summed E-state index contributed by atoms with van der Waals surface area (Å²) in [5.41, 5.74) is 14.7. The zero-order chi connectivity index (χ0) is 103. The Kier molecular flexibility index (Phi) is 31.7. The van der Waals surface area contributed by atoms with Crippen LogP contribution in [0.25, 0.3) is 72.7 Å². The summed E-state index contributed by atoms with van der Waals surface area (Å²) >= 11 is 6.06. The van der Waals surface area contributed by atoms with E-state index >= 15 is 0 Å². The summed E-state index contributed by atoms with van der Waals surface area (Å²) in [6, 6.07) is 33.7. The summed E-state index contributed by atoms with van der Waals surface area (Å²) in [7, 11) is 1.82. The lowest BCUT2D eigenvalue weighted by molar-refractivity contribution is -0.140. The molecule has 8 fully saturated rings. The molecular formula is C107H134ClF3N26O9. The highest BCUT2D eigenvalue weighted by atomic mass is 35.5. The van der Waals surface area contributed by atoms with Crippen molar-refractivity contribution in [2.45, 2.75) is 312 Å². The van der Waals surface area contributed by atoms with Crippen LogP contribution in [0.5, 0.6) is 0 Å². The number of rotatable bonds is 26. The molecule has 1 unspecified atom stereocenters. The smallest absolute Gasteiger partial charge is 0.390 e. The number of pyridine rings is 6. The molecule has 6 aliphatic carbocycles. The Labute approximate surface area is 850 Å². The summed E-state index contributed by atoms with van der Waals surface area (Å²) in [5.74, 6) is 2.74. The van der Waals surface area contributed by atoms with Crippen LogP contribution in [-0.4, -0.2) is 169 Å². The predicted molar refractivity (Wildman–Crippen MR) is 555 cm³/mol. The number of aromatic nitrogens is 20. The SMILES string of the molecule is CC(C)(C)CC(=O)Nc1nc2ccc(CO)nc2n1CC(F)(F)F.Cc1ccc2nc(NC(=O)CC(C)(C)C)n(C3CCC3)c2n1.Cc1ccc2nc(NC(=O)CC3C[C@]4(C)CCO[C@H]34)n(C3CCC3)c2n1.Cc1ccc2nc(NC(=O)CCC3(C)CC3)n(C3CCC3)c2n1.Cc1ccc2nc(NC(=O)CC[C@@H]3CCCO3)n(C3CCC3)c2n1.Cn1cc(-n2c(NC(=O)CCc3ccccc3)nc3ccc(Cl)nc32)cn1. The minimum atomic E-state index is -4.51. The van der Waals surface area contributed by atoms with Gasteiger partial charge >= 0.3 is 6.18 Å². The molecule has 2 aliphatic heterocycles. The van der Waals surface area contributed by atoms with Crippen molar-refractivity contribution in [1.82, 2.24) is 97.0 Å². The zero-order valence-corrected chi connectivity index (χ0v) is 86.4. The van der Waals surface area contributed by atoms with Gasteiger partial charge < -0.3 is 14.6 Å². The van der Waals surface area contributed by atoms with Gasteiger partial charge in [-0.1, -0.05) is 97.3 Å². The molecule has 39 heteroatoms. The minimum absolute atomic E-state index is 0.0121. The van der Waals surface area contributed by atoms with E-state index in [0.29, 0.717) is 125 Å². The molecule has 0 bridgehead atoms. The molecule has 15 heterocycles. The Morgan fingerprint density at radius 1 is 0.459 bits per heavy atom. The monoisotopic (exact) mass is 2020 g/mol. The number of anilines is 6. The van der Waals surface area contributed by atoms with Crippen LogP contribution in [0.1, 0.15) is 281 Å². The number of nitrogens with one attached hydrogen (secondary N) is 6. The van der Waals surface area contributed by atoms with Gasteiger partial charge in [0.1, 0.15) is 44.8 Å². The number of carbonyl (C=O) groups excluding carboxylic acids is 6. The van der Waals surface area contributed by atoms with Gasteiger partial charge in [-0.15, -0.1) is 0 Å². The molecule has 8 aliphatic rings. The highest BCUT2D eigenvalue weighted by Gasteiger charge is 2.55. The van der Waals surface area contributed by atoms with Crippen molar-refractivity contribution in [2.24, 2.45) is 34.6 Å². The van der Waals surface area contributed by atoms with Gasteiger partial charge in [0.25, 0.3) is 0 Å². The first kappa shape index (κ1) is 104. The van der Waals surface area contributed by atoms with E-state index < -0.39 is 25.2 Å². The van der Waals surface area contributed by atoms with E-state index in [1.54, 1.807) is 27.6 Å². The molecule has 2 saturated heterocycles. The lowest BCUT2D eigenvalue weighted by Gasteiger charge is -2.47. The van der Waals surface area contributed by atoms with Gasteiger partial charge in [-0.25, -0.2) is 59.8 Å². The fraction of sp³-hybridized carbons (Fsp3) is 0.523. The summed E-state index contributed by atoms with van der Waals surface area (Å²) in [5, 5.41) is 31.1. The van der Waals surface area contributed by atoms with Gasteiger partial charge in [0.15, 0.2) is 33.9 Å². The average molecular weight is 2020 g/mol. The van der Waals surface area contributed by atoms with Crippen molar-refractivity contribution in [2.75, 3.05) is 45.1 Å². The number of ether oxygens (including phenoxy) is 2. The molecular weight excluding hydrogens is 1890 g/mol. The molecule has 6 amide bonds. The second kappa shape index (κ2) is 44.3. The largest absolute Gasteiger partial charge is 0.406 e. The highest BCUT2D eigenvalue weighted by molar-refractivity contribution is 6.29. The fourth-order valence-electron chi connectivity index (χ4n) is 19.6. The second-order valence-electron chi connectivity index (χ2n) is 43.4. The standard InChI is InChI=1S/C20H26N4O2.C19H17ClN6O.C18H24N4O2.C18H24N4O.C17H24N4O.C15H19F3N4O2/c1-12-6-7-15-18(21-12)24(14-4-3-5-14)19(22-15)23-16(25)10-13-11-20(2)8-9-26-17(13)20;1-25-12-14(11-21-25)26-18-15(8-9-16(20)23-18)22-19(26)24-17(27)10-7-13-5-3-2-4-6-13;1-12-7-9-15-17(19-12)22(13-4-2-5-13)18(20-15)21-16(23)10-8-14-6-3-11-24-14;1-12-6-7-14-16(19-12)22(13-4-3-5-13)17(20-14)21-15(23)8-9-18(2)10-11-18;1-11-8-9-13-15(18-11)21(12-6-5-7-12)16(19-13)20-14(22)10-17(2,3)4;1-14(2,3)6-11(24)21-13-20-10-5-4-9(7-23)19-12(10)22(13)8-15(16,17)18/h6-7,13-14,17H,3-5,8-11H2,1-2H3,(H,22,23,25);2-6,8-9,11-12H,7,10H2,1H3,(H,22,24,27);7,9,13-14H,2-6,8,10-11H2,1H3,(H,20,21,23);6-7,13H,3-5,8-11H2,1-2H3,(H,20,21,23);8-9,12H,5-7,10H2,1-4H3,(H,19,20,22);4-5,23H,6-8H2,1-3H3,(H,20,21,24)/t13?,17-,20+;;14-;;;/m1.0.../s1. The number of benzene rings is 1. The summed E-state index contributed by atoms with van der Waals surface area (Å²) < 4.78 is 62.8. The van der Waals surface area contributed by atoms with Crippen molar-refractivity contribution in [3.05, 3.63) is 155 Å². The van der Waals surface area contributed by atoms with Crippen LogP contribution >= 0.6 is 11.6 Å². The Balaban J connectivity index is 0.000000120. The number of hydrogen-bond donors (Lipinski definition) is 7. The number of aliphatic hydroxyl groups excluding tert-OH is 1. The Hall–Kier alpha value is -13.1. The number of amides is 6. The highest BCUT2D eigenvalue weighted by Crippen LogP contribution is 2.55. The van der Waals surface area contributed by atoms with Gasteiger partial charge in [0.05, 0.1) is 36.4 Å². The van der Waals surface area contributed by atoms with E-state index in [9.17, 15) is 41.9 Å². The molecule has 22 rings (SSSR count). The minimum Gasteiger partial charge on any atom is -0.390 e. The van der Waals surface area contributed by atoms with E-state index in [-0.39, 0.29) is 81.8 Å². The first-order valence-electron chi connectivity index (χ1n) is 51.3. The van der Waals surface area contributed by atoms with Gasteiger partial charge in [-0.3, -0.25) is 92.8 Å². The number of nitrogens with zero attached hydrogens (tertiary/aromatic N) is 20. The third-order valence-electron chi connectivity index (χ3n) is 28.4. The molecule has 6 saturated carbocycles. The fourth-order valence-corrected chi connectivity index (χ4v) is 19.7. The predicted octanol–water partition coefficient (Wildman–Crippen LogP) is 21.0. The molecule has 13 aromatic heterocycles. The number of imidazole rings is 6. The number of aliphatic hydroxyl groups is 1. The number of fused-ring (bicyclic) bond motifs is 7. The van der Waals surface area contributed by atoms with Crippen LogP contribution in [-0.2, 0) is 64.9 Å². The van der Waals surface area contributed by atoms with Gasteiger partial charge in [0, 0.05) is 112 Å². The van der Waals surface area contributed by atoms with Crippen molar-refractivity contribution in [3.63, 3.8) is 0 Å². The summed E-state index contributed by atoms with van der Waals surface area (Å²) in [6.45, 7) is 24.1. The first-order valence-corrected chi connectivity index (χ1v) is 51.6. The topological polar surface area (TPSA) is 415 Å². The summed E-state index contributed by atoms with van der Waals surface area (Å²) in [4.78, 5) is 128. The normalized spacial score (nSPS) is 18.5. The number of aryl methyl sites for hydroxylation is 6. The molecule has 35 nitrogen and oxygen atoms in total. The molecule has 1 aromatic carbocycles. The Morgan fingerprint density at radius 3 is 1.33 bits per heavy atom. The maximum atomic E-state index is 12.9. The maximum Gasteiger partial charge on any atom is 0.406 e. The van der Waals surface area contributed by atoms with Gasteiger partial charge in [-0.05, 0) is 268 Å². The van der Waals surface area contributed by atoms with Crippen molar-refractivity contribution >= 4 is 150 Å². The van der Waals surface area contributed by atoms with Crippen molar-refractivity contribution < 1.29 is 56.5 Å². The first-order chi connectivity index (χ1) is 69.7. The molecule has 146 heavy (non-hydrogen) atoms. The van der Waals surface area contributed by atoms with Crippen molar-refractivity contribution in [1.29, 1.82) is 0 Å². The zero-order valence-electron chi connectivity index (χ0n) is 85.6. The molecule has 0 radical (unpaired) electrons. The number of hydrogen-bond acceptors (Lipinski definition) is 22. The number of carbonyl (C=O) groups is 6. The molecule has 14 aromatic rings. The van der Waals surface area contributed by atoms with Crippen LogP contribution < -0.4 is 31.9 Å². The van der Waals surface area contributed by atoms with E-state index in [1.807, 2.05) is 141 Å². The van der Waals surface area contributed by atoms with Gasteiger partial charge in [-0.2, -0.15) is 18.3 Å². The van der Waals surface area contributed by atoms with E-state index in [1.165, 1.54) is 50.7 Å². The quantitative estimate of drug-likeness (QED) is 0.0248. The maximum absolute atomic E-state index is 12.9. The average Bonchev–Trinajstić information content (AvgIpc) is 1.57.